The average molecular weight is 344 g/mol. The SMILES string of the molecule is C[C@@H]1CCN(C(=O)CCc2nc(-c3ncn[nH]3)no2)[C@@H]2CCCC[C@H]12. The fourth-order valence-corrected chi connectivity index (χ4v) is 4.35. The molecule has 8 nitrogen and oxygen atoms in total. The highest BCUT2D eigenvalue weighted by Crippen LogP contribution is 2.39. The van der Waals surface area contributed by atoms with Gasteiger partial charge in [-0.1, -0.05) is 24.9 Å². The van der Waals surface area contributed by atoms with E-state index in [9.17, 15) is 4.79 Å². The van der Waals surface area contributed by atoms with Crippen LogP contribution in [-0.4, -0.2) is 48.7 Å². The van der Waals surface area contributed by atoms with Gasteiger partial charge in [0.15, 0.2) is 5.82 Å². The number of carbonyl (C=O) groups is 1. The van der Waals surface area contributed by atoms with Crippen molar-refractivity contribution in [3.63, 3.8) is 0 Å². The lowest BCUT2D eigenvalue weighted by molar-refractivity contribution is -0.139. The maximum atomic E-state index is 12.8. The molecular formula is C17H24N6O2. The monoisotopic (exact) mass is 344 g/mol. The quantitative estimate of drug-likeness (QED) is 0.912. The standard InChI is InChI=1S/C17H24N6O2/c1-11-8-9-23(13-5-3-2-4-12(11)13)15(24)7-6-14-20-17(22-25-14)16-18-10-19-21-16/h10-13H,2-9H2,1H3,(H,18,19,21)/t11-,12-,13-/m1/s1. The lowest BCUT2D eigenvalue weighted by atomic mass is 9.72. The van der Waals surface area contributed by atoms with Gasteiger partial charge in [0.1, 0.15) is 6.33 Å². The number of carbonyl (C=O) groups excluding carboxylic acids is 1. The van der Waals surface area contributed by atoms with Gasteiger partial charge in [-0.25, -0.2) is 4.98 Å². The maximum Gasteiger partial charge on any atom is 0.239 e. The van der Waals surface area contributed by atoms with Crippen LogP contribution in [-0.2, 0) is 11.2 Å². The first kappa shape index (κ1) is 16.2. The summed E-state index contributed by atoms with van der Waals surface area (Å²) in [5.41, 5.74) is 0. The van der Waals surface area contributed by atoms with Crippen LogP contribution in [0.3, 0.4) is 0 Å². The Morgan fingerprint density at radius 2 is 2.24 bits per heavy atom. The van der Waals surface area contributed by atoms with Crippen LogP contribution < -0.4 is 0 Å². The maximum absolute atomic E-state index is 12.8. The Morgan fingerprint density at radius 3 is 3.08 bits per heavy atom. The van der Waals surface area contributed by atoms with Gasteiger partial charge in [0, 0.05) is 25.4 Å². The van der Waals surface area contributed by atoms with Crippen molar-refractivity contribution in [3.05, 3.63) is 12.2 Å². The van der Waals surface area contributed by atoms with Crippen molar-refractivity contribution in [3.8, 4) is 11.6 Å². The van der Waals surface area contributed by atoms with E-state index in [1.807, 2.05) is 0 Å². The van der Waals surface area contributed by atoms with Crippen LogP contribution in [0.2, 0.25) is 0 Å². The van der Waals surface area contributed by atoms with E-state index in [-0.39, 0.29) is 5.91 Å². The molecule has 0 aromatic carbocycles. The van der Waals surface area contributed by atoms with Crippen LogP contribution in [0.25, 0.3) is 11.6 Å². The highest BCUT2D eigenvalue weighted by molar-refractivity contribution is 5.76. The number of fused-ring (bicyclic) bond motifs is 1. The van der Waals surface area contributed by atoms with Gasteiger partial charge < -0.3 is 9.42 Å². The van der Waals surface area contributed by atoms with E-state index >= 15 is 0 Å². The summed E-state index contributed by atoms with van der Waals surface area (Å²) >= 11 is 0. The molecule has 3 heterocycles. The number of hydrogen-bond acceptors (Lipinski definition) is 6. The summed E-state index contributed by atoms with van der Waals surface area (Å²) in [4.78, 5) is 23.2. The second kappa shape index (κ2) is 6.93. The zero-order valence-electron chi connectivity index (χ0n) is 14.5. The largest absolute Gasteiger partial charge is 0.339 e. The van der Waals surface area contributed by atoms with Gasteiger partial charge in [0.05, 0.1) is 0 Å². The summed E-state index contributed by atoms with van der Waals surface area (Å²) in [5, 5.41) is 10.3. The number of aromatic amines is 1. The molecule has 1 aliphatic carbocycles. The lowest BCUT2D eigenvalue weighted by Crippen LogP contribution is -2.52. The van der Waals surface area contributed by atoms with Crippen LogP contribution >= 0.6 is 0 Å². The summed E-state index contributed by atoms with van der Waals surface area (Å²) in [7, 11) is 0. The zero-order valence-corrected chi connectivity index (χ0v) is 14.5. The molecule has 25 heavy (non-hydrogen) atoms. The third kappa shape index (κ3) is 3.29. The van der Waals surface area contributed by atoms with Crippen LogP contribution in [0.5, 0.6) is 0 Å². The molecular weight excluding hydrogens is 320 g/mol. The summed E-state index contributed by atoms with van der Waals surface area (Å²) in [6.45, 7) is 3.22. The van der Waals surface area contributed by atoms with E-state index in [2.05, 4.69) is 37.1 Å². The molecule has 1 N–H and O–H groups in total. The van der Waals surface area contributed by atoms with Crippen molar-refractivity contribution in [1.82, 2.24) is 30.2 Å². The van der Waals surface area contributed by atoms with Gasteiger partial charge in [-0.3, -0.25) is 9.89 Å². The third-order valence-electron chi connectivity index (χ3n) is 5.71. The Labute approximate surface area is 146 Å². The third-order valence-corrected chi connectivity index (χ3v) is 5.71. The van der Waals surface area contributed by atoms with Crippen molar-refractivity contribution in [1.29, 1.82) is 0 Å². The van der Waals surface area contributed by atoms with Crippen molar-refractivity contribution in [2.24, 2.45) is 11.8 Å². The van der Waals surface area contributed by atoms with E-state index in [1.165, 1.54) is 25.6 Å². The van der Waals surface area contributed by atoms with Crippen molar-refractivity contribution in [2.75, 3.05) is 6.54 Å². The number of nitrogens with zero attached hydrogens (tertiary/aromatic N) is 5. The molecule has 0 spiro atoms. The first-order chi connectivity index (χ1) is 12.2. The molecule has 0 radical (unpaired) electrons. The molecule has 1 saturated carbocycles. The van der Waals surface area contributed by atoms with Crippen LogP contribution in [0.1, 0.15) is 51.3 Å². The normalized spacial score (nSPS) is 26.4. The smallest absolute Gasteiger partial charge is 0.239 e. The van der Waals surface area contributed by atoms with Gasteiger partial charge in [0.25, 0.3) is 0 Å². The predicted molar refractivity (Wildman–Crippen MR) is 89.2 cm³/mol. The number of nitrogens with one attached hydrogen (secondary N) is 1. The Morgan fingerprint density at radius 1 is 1.36 bits per heavy atom. The van der Waals surface area contributed by atoms with Crippen molar-refractivity contribution >= 4 is 5.91 Å². The van der Waals surface area contributed by atoms with Crippen molar-refractivity contribution in [2.45, 2.75) is 57.9 Å². The number of likely N-dealkylation sites (tertiary alicyclic amines) is 1. The highest BCUT2D eigenvalue weighted by Gasteiger charge is 2.39. The van der Waals surface area contributed by atoms with Gasteiger partial charge in [-0.15, -0.1) is 0 Å². The van der Waals surface area contributed by atoms with E-state index in [4.69, 9.17) is 4.52 Å². The lowest BCUT2D eigenvalue weighted by Gasteiger charge is -2.47. The number of hydrogen-bond donors (Lipinski definition) is 1. The van der Waals surface area contributed by atoms with Gasteiger partial charge >= 0.3 is 0 Å². The molecule has 1 amide bonds. The van der Waals surface area contributed by atoms with Crippen molar-refractivity contribution < 1.29 is 9.32 Å². The first-order valence-corrected chi connectivity index (χ1v) is 9.20. The fourth-order valence-electron chi connectivity index (χ4n) is 4.35. The topological polar surface area (TPSA) is 101 Å². The molecule has 3 atom stereocenters. The molecule has 2 aromatic rings. The molecule has 0 bridgehead atoms. The second-order valence-electron chi connectivity index (χ2n) is 7.21. The number of rotatable bonds is 4. The number of aromatic nitrogens is 5. The first-order valence-electron chi connectivity index (χ1n) is 9.20. The molecule has 134 valence electrons. The molecule has 2 aromatic heterocycles. The Hall–Kier alpha value is -2.25. The fraction of sp³-hybridized carbons (Fsp3) is 0.706. The summed E-state index contributed by atoms with van der Waals surface area (Å²) < 4.78 is 5.23. The van der Waals surface area contributed by atoms with E-state index in [0.717, 1.165) is 25.3 Å². The van der Waals surface area contributed by atoms with E-state index in [1.54, 1.807) is 0 Å². The summed E-state index contributed by atoms with van der Waals surface area (Å²) in [6, 6.07) is 0.428. The predicted octanol–water partition coefficient (Wildman–Crippen LogP) is 2.21. The van der Waals surface area contributed by atoms with Crippen LogP contribution in [0, 0.1) is 11.8 Å². The van der Waals surface area contributed by atoms with Gasteiger partial charge in [-0.05, 0) is 31.1 Å². The van der Waals surface area contributed by atoms with Gasteiger partial charge in [0.2, 0.25) is 17.6 Å². The Kier molecular flexibility index (Phi) is 4.50. The van der Waals surface area contributed by atoms with Crippen LogP contribution in [0.15, 0.2) is 10.9 Å². The second-order valence-corrected chi connectivity index (χ2v) is 7.21. The zero-order chi connectivity index (χ0) is 17.2. The summed E-state index contributed by atoms with van der Waals surface area (Å²) in [6.07, 6.45) is 8.34. The molecule has 4 rings (SSSR count). The van der Waals surface area contributed by atoms with E-state index in [0.29, 0.717) is 42.3 Å². The number of amides is 1. The number of piperidine rings is 1. The number of H-pyrrole nitrogens is 1. The molecule has 1 saturated heterocycles. The minimum absolute atomic E-state index is 0.211. The van der Waals surface area contributed by atoms with Crippen LogP contribution in [0.4, 0.5) is 0 Å². The highest BCUT2D eigenvalue weighted by atomic mass is 16.5. The summed E-state index contributed by atoms with van der Waals surface area (Å²) in [5.74, 6) is 2.92. The molecule has 2 fully saturated rings. The minimum atomic E-state index is 0.211. The molecule has 8 heteroatoms. The van der Waals surface area contributed by atoms with E-state index < -0.39 is 0 Å². The molecule has 1 aliphatic heterocycles. The number of aryl methyl sites for hydroxylation is 1. The minimum Gasteiger partial charge on any atom is -0.339 e. The van der Waals surface area contributed by atoms with Gasteiger partial charge in [-0.2, -0.15) is 10.1 Å². The molecule has 0 unspecified atom stereocenters. The molecule has 2 aliphatic rings. The average Bonchev–Trinajstić information content (AvgIpc) is 3.32. The Balaban J connectivity index is 1.37. The Bertz CT molecular complexity index is 713.